The zero-order valence-electron chi connectivity index (χ0n) is 15.4. The van der Waals surface area contributed by atoms with Crippen molar-refractivity contribution in [3.8, 4) is 5.75 Å². The first-order chi connectivity index (χ1) is 13.2. The fourth-order valence-electron chi connectivity index (χ4n) is 2.64. The maximum absolute atomic E-state index is 12.8. The minimum absolute atomic E-state index is 0.0965. The van der Waals surface area contributed by atoms with Gasteiger partial charge in [0.05, 0.1) is 12.2 Å². The zero-order valence-corrected chi connectivity index (χ0v) is 15.4. The van der Waals surface area contributed by atoms with Gasteiger partial charge in [-0.3, -0.25) is 9.59 Å². The Bertz CT molecular complexity index is 782. The van der Waals surface area contributed by atoms with E-state index in [1.165, 1.54) is 30.7 Å². The lowest BCUT2D eigenvalue weighted by Gasteiger charge is -2.10. The van der Waals surface area contributed by atoms with Crippen LogP contribution < -0.4 is 4.74 Å². The van der Waals surface area contributed by atoms with Crippen molar-refractivity contribution in [2.24, 2.45) is 0 Å². The van der Waals surface area contributed by atoms with Crippen molar-refractivity contribution in [1.82, 2.24) is 0 Å². The van der Waals surface area contributed by atoms with Gasteiger partial charge in [0.25, 0.3) is 0 Å². The van der Waals surface area contributed by atoms with Gasteiger partial charge in [0.2, 0.25) is 6.29 Å². The highest BCUT2D eigenvalue weighted by atomic mass is 16.7. The number of ether oxygens (including phenoxy) is 2. The van der Waals surface area contributed by atoms with E-state index in [1.807, 2.05) is 0 Å². The molecular formula is C22H23O5. The van der Waals surface area contributed by atoms with Gasteiger partial charge in [-0.2, -0.15) is 0 Å². The lowest BCUT2D eigenvalue weighted by molar-refractivity contribution is 0.0957. The molecule has 0 bridgehead atoms. The summed E-state index contributed by atoms with van der Waals surface area (Å²) in [5.41, 5.74) is 0.542. The van der Waals surface area contributed by atoms with Gasteiger partial charge in [0, 0.05) is 11.1 Å². The van der Waals surface area contributed by atoms with Gasteiger partial charge in [0.15, 0.2) is 5.78 Å². The van der Waals surface area contributed by atoms with Crippen LogP contribution in [-0.2, 0) is 9.53 Å². The molecule has 0 aliphatic rings. The summed E-state index contributed by atoms with van der Waals surface area (Å²) in [6, 6.07) is 12.7. The number of rotatable bonds is 10. The Balaban J connectivity index is 2.02. The summed E-state index contributed by atoms with van der Waals surface area (Å²) < 4.78 is 10.3. The highest BCUT2D eigenvalue weighted by molar-refractivity contribution is 6.14. The topological polar surface area (TPSA) is 69.7 Å². The summed E-state index contributed by atoms with van der Waals surface area (Å²) in [6.45, 7) is 2.42. The molecule has 0 N–H and O–H groups in total. The SMILES string of the molecule is CCCCCCCOC(=O)Oc1ccccc1C(=O)c1ccccc1[C]=O. The van der Waals surface area contributed by atoms with Gasteiger partial charge in [-0.25, -0.2) is 4.79 Å². The summed E-state index contributed by atoms with van der Waals surface area (Å²) in [5.74, 6) is -0.323. The third kappa shape index (κ3) is 6.06. The van der Waals surface area contributed by atoms with E-state index in [9.17, 15) is 14.4 Å². The van der Waals surface area contributed by atoms with Gasteiger partial charge >= 0.3 is 6.16 Å². The summed E-state index contributed by atoms with van der Waals surface area (Å²) in [4.78, 5) is 35.8. The van der Waals surface area contributed by atoms with Crippen LogP contribution >= 0.6 is 0 Å². The molecule has 0 heterocycles. The molecule has 0 atom stereocenters. The van der Waals surface area contributed by atoms with Crippen LogP contribution in [0.25, 0.3) is 0 Å². The van der Waals surface area contributed by atoms with Gasteiger partial charge < -0.3 is 9.47 Å². The van der Waals surface area contributed by atoms with E-state index >= 15 is 0 Å². The molecule has 27 heavy (non-hydrogen) atoms. The van der Waals surface area contributed by atoms with E-state index in [-0.39, 0.29) is 29.0 Å². The number of para-hydroxylation sites is 1. The van der Waals surface area contributed by atoms with Crippen LogP contribution in [0.5, 0.6) is 5.75 Å². The minimum atomic E-state index is -0.846. The van der Waals surface area contributed by atoms with Gasteiger partial charge in [-0.1, -0.05) is 69.0 Å². The number of ketones is 1. The third-order valence-corrected chi connectivity index (χ3v) is 4.07. The first-order valence-electron chi connectivity index (χ1n) is 9.13. The van der Waals surface area contributed by atoms with E-state index in [2.05, 4.69) is 6.92 Å². The quantitative estimate of drug-likeness (QED) is 0.259. The minimum Gasteiger partial charge on any atom is -0.434 e. The van der Waals surface area contributed by atoms with Crippen molar-refractivity contribution < 1.29 is 23.9 Å². The molecule has 0 amide bonds. The normalized spacial score (nSPS) is 10.3. The predicted molar refractivity (Wildman–Crippen MR) is 102 cm³/mol. The maximum atomic E-state index is 12.8. The first-order valence-corrected chi connectivity index (χ1v) is 9.13. The molecule has 0 aromatic heterocycles. The van der Waals surface area contributed by atoms with E-state index in [0.29, 0.717) is 0 Å². The number of benzene rings is 2. The van der Waals surface area contributed by atoms with E-state index in [4.69, 9.17) is 9.47 Å². The molecule has 2 aromatic carbocycles. The molecular weight excluding hydrogens is 344 g/mol. The molecule has 0 unspecified atom stereocenters. The van der Waals surface area contributed by atoms with Crippen LogP contribution in [0.2, 0.25) is 0 Å². The molecule has 0 aliphatic carbocycles. The van der Waals surface area contributed by atoms with Crippen LogP contribution in [-0.4, -0.2) is 24.8 Å². The number of unbranched alkanes of at least 4 members (excludes halogenated alkanes) is 4. The fourth-order valence-corrected chi connectivity index (χ4v) is 2.64. The van der Waals surface area contributed by atoms with Crippen LogP contribution in [0.3, 0.4) is 0 Å². The van der Waals surface area contributed by atoms with Crippen molar-refractivity contribution in [1.29, 1.82) is 0 Å². The zero-order chi connectivity index (χ0) is 19.5. The van der Waals surface area contributed by atoms with Crippen LogP contribution in [0.15, 0.2) is 48.5 Å². The van der Waals surface area contributed by atoms with Gasteiger partial charge in [-0.05, 0) is 18.6 Å². The lowest BCUT2D eigenvalue weighted by atomic mass is 9.98. The number of hydrogen-bond acceptors (Lipinski definition) is 5. The standard InChI is InChI=1S/C22H23O5/c1-2-3-4-5-10-15-26-22(25)27-20-14-9-8-13-19(20)21(24)18-12-7-6-11-17(18)16-23/h6-9,11-14H,2-5,10,15H2,1H3. The van der Waals surface area contributed by atoms with Gasteiger partial charge in [0.1, 0.15) is 5.75 Å². The Kier molecular flexibility index (Phi) is 8.23. The highest BCUT2D eigenvalue weighted by Gasteiger charge is 2.19. The van der Waals surface area contributed by atoms with Crippen LogP contribution in [0.4, 0.5) is 4.79 Å². The number of carbonyl (C=O) groups is 2. The van der Waals surface area contributed by atoms with Crippen molar-refractivity contribution >= 4 is 18.2 Å². The van der Waals surface area contributed by atoms with E-state index in [1.54, 1.807) is 30.6 Å². The van der Waals surface area contributed by atoms with E-state index in [0.717, 1.165) is 25.7 Å². The Hall–Kier alpha value is -2.95. The molecule has 2 rings (SSSR count). The first kappa shape index (κ1) is 20.4. The van der Waals surface area contributed by atoms with Crippen molar-refractivity contribution in [2.45, 2.75) is 39.0 Å². The Morgan fingerprint density at radius 1 is 0.889 bits per heavy atom. The average Bonchev–Trinajstić information content (AvgIpc) is 2.70. The number of carbonyl (C=O) groups excluding carboxylic acids is 3. The summed E-state index contributed by atoms with van der Waals surface area (Å²) in [7, 11) is 0. The molecule has 0 saturated heterocycles. The molecule has 0 saturated carbocycles. The molecule has 0 spiro atoms. The van der Waals surface area contributed by atoms with Crippen LogP contribution in [0.1, 0.15) is 60.5 Å². The van der Waals surface area contributed by atoms with Crippen molar-refractivity contribution in [2.75, 3.05) is 6.61 Å². The Labute approximate surface area is 159 Å². The Morgan fingerprint density at radius 3 is 2.30 bits per heavy atom. The molecule has 0 aliphatic heterocycles. The van der Waals surface area contributed by atoms with Crippen molar-refractivity contribution in [3.63, 3.8) is 0 Å². The molecule has 5 heteroatoms. The molecule has 0 fully saturated rings. The summed E-state index contributed by atoms with van der Waals surface area (Å²) in [6.07, 6.45) is 6.11. The summed E-state index contributed by atoms with van der Waals surface area (Å²) in [5, 5.41) is 0. The second-order valence-corrected chi connectivity index (χ2v) is 6.09. The lowest BCUT2D eigenvalue weighted by Crippen LogP contribution is -2.14. The maximum Gasteiger partial charge on any atom is 0.513 e. The van der Waals surface area contributed by atoms with Crippen LogP contribution in [0, 0.1) is 0 Å². The fraction of sp³-hybridized carbons (Fsp3) is 0.318. The molecule has 1 radical (unpaired) electrons. The largest absolute Gasteiger partial charge is 0.513 e. The Morgan fingerprint density at radius 2 is 1.56 bits per heavy atom. The van der Waals surface area contributed by atoms with Gasteiger partial charge in [-0.15, -0.1) is 0 Å². The smallest absolute Gasteiger partial charge is 0.434 e. The number of hydrogen-bond donors (Lipinski definition) is 0. The van der Waals surface area contributed by atoms with Crippen molar-refractivity contribution in [3.05, 3.63) is 65.2 Å². The average molecular weight is 367 g/mol. The highest BCUT2D eigenvalue weighted by Crippen LogP contribution is 2.23. The second kappa shape index (κ2) is 10.9. The molecule has 2 aromatic rings. The summed E-state index contributed by atoms with van der Waals surface area (Å²) >= 11 is 0. The third-order valence-electron chi connectivity index (χ3n) is 4.07. The molecule has 141 valence electrons. The predicted octanol–water partition coefficient (Wildman–Crippen LogP) is 4.86. The second-order valence-electron chi connectivity index (χ2n) is 6.09. The monoisotopic (exact) mass is 367 g/mol. The van der Waals surface area contributed by atoms with E-state index < -0.39 is 11.9 Å². The molecule has 5 nitrogen and oxygen atoms in total.